The second-order valence-corrected chi connectivity index (χ2v) is 5.93. The molecule has 1 saturated heterocycles. The van der Waals surface area contributed by atoms with Gasteiger partial charge in [0.05, 0.1) is 11.5 Å². The van der Waals surface area contributed by atoms with E-state index in [4.69, 9.17) is 4.74 Å². The summed E-state index contributed by atoms with van der Waals surface area (Å²) in [6, 6.07) is 2.99. The van der Waals surface area contributed by atoms with Gasteiger partial charge in [-0.15, -0.1) is 0 Å². The molecule has 0 atom stereocenters. The highest BCUT2D eigenvalue weighted by molar-refractivity contribution is 5.68. The SMILES string of the molecule is CC(C)COC(=O)N1CCC(=Cc2ncccc2[N+](=O)[O-])CC1. The zero-order chi connectivity index (χ0) is 16.8. The van der Waals surface area contributed by atoms with Crippen molar-refractivity contribution in [3.63, 3.8) is 0 Å². The Balaban J connectivity index is 1.97. The Morgan fingerprint density at radius 1 is 1.48 bits per heavy atom. The van der Waals surface area contributed by atoms with Crippen LogP contribution in [0.1, 0.15) is 32.4 Å². The average Bonchev–Trinajstić information content (AvgIpc) is 2.53. The number of aromatic nitrogens is 1. The van der Waals surface area contributed by atoms with Crippen molar-refractivity contribution in [2.24, 2.45) is 5.92 Å². The van der Waals surface area contributed by atoms with Crippen molar-refractivity contribution < 1.29 is 14.5 Å². The first-order chi connectivity index (χ1) is 11.0. The Hall–Kier alpha value is -2.44. The molecule has 0 radical (unpaired) electrons. The van der Waals surface area contributed by atoms with Gasteiger partial charge in [-0.3, -0.25) is 10.1 Å². The first-order valence-corrected chi connectivity index (χ1v) is 7.68. The molecule has 23 heavy (non-hydrogen) atoms. The van der Waals surface area contributed by atoms with Gasteiger partial charge < -0.3 is 9.64 Å². The predicted molar refractivity (Wildman–Crippen MR) is 85.9 cm³/mol. The number of hydrogen-bond donors (Lipinski definition) is 0. The quantitative estimate of drug-likeness (QED) is 0.628. The van der Waals surface area contributed by atoms with Crippen molar-refractivity contribution in [3.05, 3.63) is 39.7 Å². The molecule has 1 aliphatic rings. The molecule has 0 unspecified atom stereocenters. The molecule has 2 heterocycles. The third-order valence-corrected chi connectivity index (χ3v) is 3.56. The van der Waals surface area contributed by atoms with Crippen LogP contribution in [0.3, 0.4) is 0 Å². The van der Waals surface area contributed by atoms with Gasteiger partial charge in [0.25, 0.3) is 5.69 Å². The molecular formula is C16H21N3O4. The average molecular weight is 319 g/mol. The molecule has 2 rings (SSSR count). The minimum atomic E-state index is -0.433. The number of amides is 1. The Morgan fingerprint density at radius 3 is 2.78 bits per heavy atom. The standard InChI is InChI=1S/C16H21N3O4/c1-12(2)11-23-16(20)18-8-5-13(6-9-18)10-14-15(19(21)22)4-3-7-17-14/h3-4,7,10,12H,5-6,8-9,11H2,1-2H3. The maximum Gasteiger partial charge on any atom is 0.409 e. The van der Waals surface area contributed by atoms with Crippen LogP contribution in [0.15, 0.2) is 23.9 Å². The summed E-state index contributed by atoms with van der Waals surface area (Å²) in [6.07, 6.45) is 4.35. The molecule has 7 nitrogen and oxygen atoms in total. The molecule has 1 aliphatic heterocycles. The van der Waals surface area contributed by atoms with Crippen molar-refractivity contribution in [2.45, 2.75) is 26.7 Å². The topological polar surface area (TPSA) is 85.6 Å². The van der Waals surface area contributed by atoms with E-state index in [-0.39, 0.29) is 11.8 Å². The van der Waals surface area contributed by atoms with Gasteiger partial charge in [-0.05, 0) is 30.9 Å². The highest BCUT2D eigenvalue weighted by Gasteiger charge is 2.21. The van der Waals surface area contributed by atoms with Gasteiger partial charge in [0.15, 0.2) is 0 Å². The van der Waals surface area contributed by atoms with Crippen molar-refractivity contribution >= 4 is 17.9 Å². The van der Waals surface area contributed by atoms with E-state index in [9.17, 15) is 14.9 Å². The van der Waals surface area contributed by atoms with E-state index >= 15 is 0 Å². The molecule has 0 N–H and O–H groups in total. The summed E-state index contributed by atoms with van der Waals surface area (Å²) in [5.41, 5.74) is 1.42. The summed E-state index contributed by atoms with van der Waals surface area (Å²) in [4.78, 5) is 28.2. The zero-order valence-electron chi connectivity index (χ0n) is 13.4. The van der Waals surface area contributed by atoms with E-state index in [1.54, 1.807) is 17.0 Å². The number of nitrogens with zero attached hydrogens (tertiary/aromatic N) is 3. The summed E-state index contributed by atoms with van der Waals surface area (Å²) in [6.45, 7) is 5.51. The van der Waals surface area contributed by atoms with Gasteiger partial charge in [0.1, 0.15) is 5.69 Å². The lowest BCUT2D eigenvalue weighted by atomic mass is 10.0. The molecule has 0 bridgehead atoms. The van der Waals surface area contributed by atoms with Crippen LogP contribution in [0, 0.1) is 16.0 Å². The molecule has 124 valence electrons. The van der Waals surface area contributed by atoms with E-state index in [0.717, 1.165) is 5.57 Å². The van der Waals surface area contributed by atoms with Crippen molar-refractivity contribution in [2.75, 3.05) is 19.7 Å². The van der Waals surface area contributed by atoms with Crippen LogP contribution >= 0.6 is 0 Å². The number of pyridine rings is 1. The zero-order valence-corrected chi connectivity index (χ0v) is 13.4. The highest BCUT2D eigenvalue weighted by atomic mass is 16.6. The van der Waals surface area contributed by atoms with Crippen LogP contribution < -0.4 is 0 Å². The maximum atomic E-state index is 11.9. The molecule has 0 spiro atoms. The van der Waals surface area contributed by atoms with Crippen molar-refractivity contribution in [3.8, 4) is 0 Å². The molecule has 0 saturated carbocycles. The van der Waals surface area contributed by atoms with Gasteiger partial charge >= 0.3 is 6.09 Å². The molecule has 0 aromatic carbocycles. The summed E-state index contributed by atoms with van der Waals surface area (Å²) >= 11 is 0. The van der Waals surface area contributed by atoms with Crippen LogP contribution in [-0.4, -0.2) is 40.6 Å². The molecular weight excluding hydrogens is 298 g/mol. The largest absolute Gasteiger partial charge is 0.449 e. The molecule has 1 amide bonds. The molecule has 0 aliphatic carbocycles. The Kier molecular flexibility index (Phi) is 5.67. The number of ether oxygens (including phenoxy) is 1. The third-order valence-electron chi connectivity index (χ3n) is 3.56. The molecule has 1 aromatic heterocycles. The van der Waals surface area contributed by atoms with E-state index in [2.05, 4.69) is 4.98 Å². The fourth-order valence-corrected chi connectivity index (χ4v) is 2.32. The maximum absolute atomic E-state index is 11.9. The number of piperidine rings is 1. The van der Waals surface area contributed by atoms with Crippen LogP contribution in [0.2, 0.25) is 0 Å². The Bertz CT molecular complexity index is 603. The molecule has 1 fully saturated rings. The second kappa shape index (κ2) is 7.71. The normalized spacial score (nSPS) is 14.7. The molecule has 7 heteroatoms. The number of rotatable bonds is 4. The first kappa shape index (κ1) is 16.9. The number of carbonyl (C=O) groups is 1. The molecule has 1 aromatic rings. The van der Waals surface area contributed by atoms with Crippen molar-refractivity contribution in [1.29, 1.82) is 0 Å². The predicted octanol–water partition coefficient (Wildman–Crippen LogP) is 3.26. The van der Waals surface area contributed by atoms with Gasteiger partial charge in [-0.25, -0.2) is 9.78 Å². The summed E-state index contributed by atoms with van der Waals surface area (Å²) in [5.74, 6) is 0.309. The smallest absolute Gasteiger partial charge is 0.409 e. The van der Waals surface area contributed by atoms with Crippen LogP contribution in [0.25, 0.3) is 6.08 Å². The fraction of sp³-hybridized carbons (Fsp3) is 0.500. The van der Waals surface area contributed by atoms with Crippen molar-refractivity contribution in [1.82, 2.24) is 9.88 Å². The Labute approximate surface area is 135 Å². The van der Waals surface area contributed by atoms with Crippen LogP contribution in [-0.2, 0) is 4.74 Å². The second-order valence-electron chi connectivity index (χ2n) is 5.93. The lowest BCUT2D eigenvalue weighted by molar-refractivity contribution is -0.385. The summed E-state index contributed by atoms with van der Waals surface area (Å²) in [7, 11) is 0. The van der Waals surface area contributed by atoms with Gasteiger partial charge in [-0.1, -0.05) is 19.4 Å². The van der Waals surface area contributed by atoms with E-state index in [1.165, 1.54) is 12.3 Å². The monoisotopic (exact) mass is 319 g/mol. The van der Waals surface area contributed by atoms with E-state index in [0.29, 0.717) is 44.1 Å². The number of likely N-dealkylation sites (tertiary alicyclic amines) is 1. The minimum absolute atomic E-state index is 0.00114. The fourth-order valence-electron chi connectivity index (χ4n) is 2.32. The summed E-state index contributed by atoms with van der Waals surface area (Å²) < 4.78 is 5.21. The lowest BCUT2D eigenvalue weighted by Gasteiger charge is -2.28. The highest BCUT2D eigenvalue weighted by Crippen LogP contribution is 2.23. The number of nitro groups is 1. The van der Waals surface area contributed by atoms with Gasteiger partial charge in [0, 0.05) is 25.4 Å². The number of carbonyl (C=O) groups excluding carboxylic acids is 1. The summed E-state index contributed by atoms with van der Waals surface area (Å²) in [5, 5.41) is 11.0. The lowest BCUT2D eigenvalue weighted by Crippen LogP contribution is -2.37. The third kappa shape index (κ3) is 4.77. The van der Waals surface area contributed by atoms with E-state index < -0.39 is 4.92 Å². The first-order valence-electron chi connectivity index (χ1n) is 7.68. The minimum Gasteiger partial charge on any atom is -0.449 e. The number of hydrogen-bond acceptors (Lipinski definition) is 5. The van der Waals surface area contributed by atoms with Crippen LogP contribution in [0.5, 0.6) is 0 Å². The Morgan fingerprint density at radius 2 is 2.17 bits per heavy atom. The van der Waals surface area contributed by atoms with E-state index in [1.807, 2.05) is 13.8 Å². The van der Waals surface area contributed by atoms with Gasteiger partial charge in [-0.2, -0.15) is 0 Å². The van der Waals surface area contributed by atoms with Crippen LogP contribution in [0.4, 0.5) is 10.5 Å². The van der Waals surface area contributed by atoms with Gasteiger partial charge in [0.2, 0.25) is 0 Å².